The van der Waals surface area contributed by atoms with Gasteiger partial charge in [0.1, 0.15) is 0 Å². The lowest BCUT2D eigenvalue weighted by molar-refractivity contribution is -0.201. The van der Waals surface area contributed by atoms with Crippen molar-refractivity contribution < 1.29 is 41.8 Å². The van der Waals surface area contributed by atoms with Crippen molar-refractivity contribution in [2.45, 2.75) is 43.8 Å². The quantitative estimate of drug-likeness (QED) is 0.372. The second-order valence-corrected chi connectivity index (χ2v) is 8.89. The summed E-state index contributed by atoms with van der Waals surface area (Å²) in [5.74, 6) is -4.68. The highest BCUT2D eigenvalue weighted by Crippen LogP contribution is 2.35. The number of hydrogen-bond acceptors (Lipinski definition) is 8. The molecule has 1 saturated heterocycles. The maximum atomic E-state index is 12.3. The first-order valence-electron chi connectivity index (χ1n) is 8.88. The summed E-state index contributed by atoms with van der Waals surface area (Å²) in [6, 6.07) is 0. The van der Waals surface area contributed by atoms with Crippen LogP contribution in [0.15, 0.2) is 12.2 Å². The number of carbonyl (C=O) groups is 5. The number of amides is 2. The van der Waals surface area contributed by atoms with Crippen LogP contribution in [0.3, 0.4) is 0 Å². The first kappa shape index (κ1) is 20.3. The van der Waals surface area contributed by atoms with Crippen LogP contribution in [0.25, 0.3) is 0 Å². The van der Waals surface area contributed by atoms with Gasteiger partial charge in [0.15, 0.2) is 16.8 Å². The Kier molecular flexibility index (Phi) is 5.48. The van der Waals surface area contributed by atoms with E-state index in [1.54, 1.807) is 0 Å². The maximum Gasteiger partial charge on any atom is 0.336 e. The molecule has 0 bridgehead atoms. The van der Waals surface area contributed by atoms with Gasteiger partial charge in [-0.3, -0.25) is 23.7 Å². The molecule has 1 saturated carbocycles. The molecule has 0 spiro atoms. The lowest BCUT2D eigenvalue weighted by Gasteiger charge is -2.28. The average molecular weight is 413 g/mol. The fourth-order valence-electron chi connectivity index (χ4n) is 3.81. The van der Waals surface area contributed by atoms with Crippen molar-refractivity contribution in [3.63, 3.8) is 0 Å². The third-order valence-electron chi connectivity index (χ3n) is 5.45. The number of carbonyl (C=O) groups excluding carboxylic acids is 5. The molecule has 28 heavy (non-hydrogen) atoms. The van der Waals surface area contributed by atoms with Crippen LogP contribution >= 0.6 is 0 Å². The van der Waals surface area contributed by atoms with E-state index in [9.17, 15) is 32.4 Å². The van der Waals surface area contributed by atoms with Crippen molar-refractivity contribution in [1.82, 2.24) is 5.06 Å². The van der Waals surface area contributed by atoms with Gasteiger partial charge >= 0.3 is 5.97 Å². The Hall–Kier alpha value is -2.40. The molecule has 2 amide bonds. The van der Waals surface area contributed by atoms with Gasteiger partial charge in [-0.05, 0) is 50.2 Å². The van der Waals surface area contributed by atoms with Crippen molar-refractivity contribution >= 4 is 39.5 Å². The van der Waals surface area contributed by atoms with E-state index in [-0.39, 0.29) is 22.5 Å². The third kappa shape index (κ3) is 4.04. The SMILES string of the molecule is O=C(ON1C(=O)CC(S(=O)(=O)O)C1=O)C1CCC(CC2C(=O)C=CC2=O)CC1. The molecule has 0 radical (unpaired) electrons. The van der Waals surface area contributed by atoms with E-state index >= 15 is 0 Å². The molecule has 1 N–H and O–H groups in total. The maximum absolute atomic E-state index is 12.3. The lowest BCUT2D eigenvalue weighted by Crippen LogP contribution is -2.38. The number of hydroxylamine groups is 2. The Labute approximate surface area is 160 Å². The Morgan fingerprint density at radius 3 is 2.14 bits per heavy atom. The predicted octanol–water partition coefficient (Wildman–Crippen LogP) is -0.0194. The highest BCUT2D eigenvalue weighted by molar-refractivity contribution is 7.87. The molecule has 11 heteroatoms. The Morgan fingerprint density at radius 1 is 1.07 bits per heavy atom. The zero-order valence-corrected chi connectivity index (χ0v) is 15.6. The summed E-state index contributed by atoms with van der Waals surface area (Å²) in [6.07, 6.45) is 4.13. The van der Waals surface area contributed by atoms with Crippen LogP contribution in [0.4, 0.5) is 0 Å². The molecule has 1 unspecified atom stereocenters. The second kappa shape index (κ2) is 7.55. The van der Waals surface area contributed by atoms with E-state index in [1.165, 1.54) is 12.2 Å². The number of hydrogen-bond donors (Lipinski definition) is 1. The Bertz CT molecular complexity index is 849. The molecule has 0 aromatic rings. The number of nitrogens with zero attached hydrogens (tertiary/aromatic N) is 1. The van der Waals surface area contributed by atoms with Gasteiger partial charge in [-0.25, -0.2) is 4.79 Å². The molecule has 2 fully saturated rings. The Balaban J connectivity index is 1.52. The van der Waals surface area contributed by atoms with Crippen molar-refractivity contribution in [1.29, 1.82) is 0 Å². The molecule has 3 rings (SSSR count). The minimum Gasteiger partial charge on any atom is -0.330 e. The van der Waals surface area contributed by atoms with Crippen LogP contribution in [0.1, 0.15) is 38.5 Å². The van der Waals surface area contributed by atoms with Gasteiger partial charge in [-0.1, -0.05) is 0 Å². The summed E-state index contributed by atoms with van der Waals surface area (Å²) in [7, 11) is -4.77. The summed E-state index contributed by atoms with van der Waals surface area (Å²) in [6.45, 7) is 0. The molecular weight excluding hydrogens is 394 g/mol. The molecule has 2 aliphatic carbocycles. The highest BCUT2D eigenvalue weighted by atomic mass is 32.2. The van der Waals surface area contributed by atoms with Crippen molar-refractivity contribution in [3.8, 4) is 0 Å². The highest BCUT2D eigenvalue weighted by Gasteiger charge is 2.49. The molecule has 3 aliphatic rings. The van der Waals surface area contributed by atoms with E-state index in [1.807, 2.05) is 0 Å². The number of rotatable bonds is 5. The first-order valence-corrected chi connectivity index (χ1v) is 10.4. The zero-order chi connectivity index (χ0) is 20.6. The van der Waals surface area contributed by atoms with Crippen molar-refractivity contribution in [2.75, 3.05) is 0 Å². The molecule has 1 atom stereocenters. The van der Waals surface area contributed by atoms with Crippen molar-refractivity contribution in [3.05, 3.63) is 12.2 Å². The van der Waals surface area contributed by atoms with Gasteiger partial charge in [0.05, 0.1) is 18.3 Å². The van der Waals surface area contributed by atoms with E-state index in [0.29, 0.717) is 32.1 Å². The van der Waals surface area contributed by atoms with Gasteiger partial charge in [-0.15, -0.1) is 5.06 Å². The summed E-state index contributed by atoms with van der Waals surface area (Å²) in [4.78, 5) is 64.1. The minimum atomic E-state index is -4.77. The van der Waals surface area contributed by atoms with Gasteiger partial charge < -0.3 is 4.84 Å². The van der Waals surface area contributed by atoms with Crippen LogP contribution < -0.4 is 0 Å². The van der Waals surface area contributed by atoms with Crippen LogP contribution in [-0.2, 0) is 38.9 Å². The summed E-state index contributed by atoms with van der Waals surface area (Å²) < 4.78 is 31.2. The van der Waals surface area contributed by atoms with Crippen molar-refractivity contribution in [2.24, 2.45) is 17.8 Å². The van der Waals surface area contributed by atoms with Crippen LogP contribution in [0, 0.1) is 17.8 Å². The fourth-order valence-corrected chi connectivity index (χ4v) is 4.52. The Morgan fingerprint density at radius 2 is 1.64 bits per heavy atom. The van der Waals surface area contributed by atoms with Gasteiger partial charge in [0.25, 0.3) is 21.9 Å². The van der Waals surface area contributed by atoms with Crippen LogP contribution in [0.5, 0.6) is 0 Å². The van der Waals surface area contributed by atoms with E-state index in [2.05, 4.69) is 0 Å². The minimum absolute atomic E-state index is 0.0980. The summed E-state index contributed by atoms with van der Waals surface area (Å²) >= 11 is 0. The normalized spacial score (nSPS) is 29.0. The smallest absolute Gasteiger partial charge is 0.330 e. The van der Waals surface area contributed by atoms with E-state index in [0.717, 1.165) is 0 Å². The largest absolute Gasteiger partial charge is 0.336 e. The second-order valence-electron chi connectivity index (χ2n) is 7.29. The van der Waals surface area contributed by atoms with E-state index < -0.39 is 51.4 Å². The fraction of sp³-hybridized carbons (Fsp3) is 0.588. The van der Waals surface area contributed by atoms with Gasteiger partial charge in [0.2, 0.25) is 0 Å². The molecule has 0 aromatic carbocycles. The molecule has 10 nitrogen and oxygen atoms in total. The van der Waals surface area contributed by atoms with Gasteiger partial charge in [-0.2, -0.15) is 8.42 Å². The molecule has 1 aliphatic heterocycles. The van der Waals surface area contributed by atoms with Crippen LogP contribution in [-0.4, -0.2) is 52.6 Å². The first-order chi connectivity index (χ1) is 13.1. The van der Waals surface area contributed by atoms with Crippen LogP contribution in [0.2, 0.25) is 0 Å². The number of ketones is 2. The van der Waals surface area contributed by atoms with E-state index in [4.69, 9.17) is 9.39 Å². The molecular formula is C17H19NO9S. The third-order valence-corrected chi connectivity index (χ3v) is 6.54. The summed E-state index contributed by atoms with van der Waals surface area (Å²) in [5, 5.41) is -1.85. The average Bonchev–Trinajstić information content (AvgIpc) is 3.09. The monoisotopic (exact) mass is 413 g/mol. The lowest BCUT2D eigenvalue weighted by atomic mass is 9.77. The molecule has 0 aromatic heterocycles. The predicted molar refractivity (Wildman–Crippen MR) is 90.6 cm³/mol. The van der Waals surface area contributed by atoms with Gasteiger partial charge in [0, 0.05) is 0 Å². The number of imide groups is 1. The number of allylic oxidation sites excluding steroid dienone is 2. The topological polar surface area (TPSA) is 152 Å². The molecule has 152 valence electrons. The standard InChI is InChI=1S/C17H19NO9S/c19-12-5-6-13(20)11(12)7-9-1-3-10(4-2-9)17(23)27-18-15(21)8-14(16(18)22)28(24,25)26/h5-6,9-11,14H,1-4,7-8H2,(H,24,25,26). The molecule has 1 heterocycles. The summed E-state index contributed by atoms with van der Waals surface area (Å²) in [5.41, 5.74) is 0. The zero-order valence-electron chi connectivity index (χ0n) is 14.8.